The smallest absolute Gasteiger partial charge is 0.170 e. The molecule has 0 heterocycles. The number of hydrogen-bond donors (Lipinski definition) is 0. The Morgan fingerprint density at radius 2 is 2.00 bits per heavy atom. The Morgan fingerprint density at radius 1 is 1.20 bits per heavy atom. The van der Waals surface area contributed by atoms with Crippen molar-refractivity contribution in [2.24, 2.45) is 0 Å². The highest BCUT2D eigenvalue weighted by molar-refractivity contribution is 5.37. The molecule has 1 aliphatic carbocycles. The second kappa shape index (κ2) is 5.51. The Morgan fingerprint density at radius 3 is 2.60 bits per heavy atom. The minimum atomic E-state index is -4.21. The molecule has 0 unspecified atom stereocenters. The van der Waals surface area contributed by atoms with Gasteiger partial charge in [-0.05, 0) is 43.1 Å². The molecule has 0 saturated heterocycles. The van der Waals surface area contributed by atoms with E-state index in [1.54, 1.807) is 0 Å². The highest BCUT2D eigenvalue weighted by Crippen LogP contribution is 2.18. The zero-order valence-electron chi connectivity index (χ0n) is 8.25. The third-order valence-corrected chi connectivity index (χ3v) is 1.95. The largest absolute Gasteiger partial charge is 0.399 e. The maximum absolute atomic E-state index is 11.7. The van der Waals surface area contributed by atoms with Crippen LogP contribution in [-0.2, 0) is 0 Å². The van der Waals surface area contributed by atoms with Gasteiger partial charge in [-0.3, -0.25) is 0 Å². The molecule has 0 aliphatic heterocycles. The van der Waals surface area contributed by atoms with Gasteiger partial charge in [0.15, 0.2) is 0 Å². The van der Waals surface area contributed by atoms with E-state index in [-0.39, 0.29) is 0 Å². The molecule has 0 nitrogen and oxygen atoms in total. The standard InChI is InChI=1S/C12H11F3/c13-12(14,15)10-6-2-5-9-11-7-3-1-4-8-11/h7H,1,3-4,8,10H2. The van der Waals surface area contributed by atoms with E-state index in [4.69, 9.17) is 0 Å². The second-order valence-corrected chi connectivity index (χ2v) is 3.32. The number of rotatable bonds is 0. The van der Waals surface area contributed by atoms with Crippen molar-refractivity contribution in [1.29, 1.82) is 0 Å². The van der Waals surface area contributed by atoms with Gasteiger partial charge in [0.2, 0.25) is 0 Å². The van der Waals surface area contributed by atoms with Crippen molar-refractivity contribution in [2.75, 3.05) is 0 Å². The first-order valence-electron chi connectivity index (χ1n) is 4.82. The predicted octanol–water partition coefficient (Wildman–Crippen LogP) is 3.45. The first-order valence-corrected chi connectivity index (χ1v) is 4.82. The van der Waals surface area contributed by atoms with Gasteiger partial charge >= 0.3 is 6.18 Å². The van der Waals surface area contributed by atoms with E-state index in [2.05, 4.69) is 17.8 Å². The maximum atomic E-state index is 11.7. The van der Waals surface area contributed by atoms with Crippen molar-refractivity contribution in [3.63, 3.8) is 0 Å². The van der Waals surface area contributed by atoms with Gasteiger partial charge in [-0.2, -0.15) is 13.2 Å². The summed E-state index contributed by atoms with van der Waals surface area (Å²) in [5.74, 6) is 9.43. The number of allylic oxidation sites excluding steroid dienone is 2. The lowest BCUT2D eigenvalue weighted by Gasteiger charge is -2.04. The molecule has 3 heteroatoms. The Labute approximate surface area is 87.6 Å². The van der Waals surface area contributed by atoms with E-state index in [1.807, 2.05) is 12.0 Å². The molecular formula is C12H11F3. The first kappa shape index (κ1) is 11.7. The van der Waals surface area contributed by atoms with E-state index in [1.165, 1.54) is 6.42 Å². The summed E-state index contributed by atoms with van der Waals surface area (Å²) in [6.45, 7) is 0. The van der Waals surface area contributed by atoms with Gasteiger partial charge in [0, 0.05) is 0 Å². The van der Waals surface area contributed by atoms with E-state index in [0.717, 1.165) is 24.8 Å². The molecular weight excluding hydrogens is 201 g/mol. The van der Waals surface area contributed by atoms with Crippen molar-refractivity contribution < 1.29 is 13.2 Å². The highest BCUT2D eigenvalue weighted by Gasteiger charge is 2.25. The van der Waals surface area contributed by atoms with Crippen LogP contribution in [0.1, 0.15) is 32.1 Å². The van der Waals surface area contributed by atoms with Gasteiger partial charge in [-0.15, -0.1) is 0 Å². The summed E-state index contributed by atoms with van der Waals surface area (Å²) in [6.07, 6.45) is 0.955. The fourth-order valence-corrected chi connectivity index (χ4v) is 1.25. The van der Waals surface area contributed by atoms with Crippen molar-refractivity contribution in [2.45, 2.75) is 38.3 Å². The Bertz CT molecular complexity index is 352. The molecule has 0 aromatic carbocycles. The lowest BCUT2D eigenvalue weighted by Crippen LogP contribution is -2.04. The Balaban J connectivity index is 2.41. The maximum Gasteiger partial charge on any atom is 0.399 e. The predicted molar refractivity (Wildman–Crippen MR) is 52.8 cm³/mol. The summed E-state index contributed by atoms with van der Waals surface area (Å²) < 4.78 is 35.0. The van der Waals surface area contributed by atoms with E-state index >= 15 is 0 Å². The third kappa shape index (κ3) is 5.86. The highest BCUT2D eigenvalue weighted by atomic mass is 19.4. The molecule has 0 bridgehead atoms. The van der Waals surface area contributed by atoms with Crippen LogP contribution in [0.15, 0.2) is 11.6 Å². The zero-order chi connectivity index (χ0) is 11.1. The molecule has 0 aromatic heterocycles. The van der Waals surface area contributed by atoms with Crippen molar-refractivity contribution >= 4 is 0 Å². The van der Waals surface area contributed by atoms with Crippen molar-refractivity contribution in [1.82, 2.24) is 0 Å². The van der Waals surface area contributed by atoms with Crippen LogP contribution in [-0.4, -0.2) is 6.18 Å². The summed E-state index contributed by atoms with van der Waals surface area (Å²) in [5, 5.41) is 0. The normalized spacial score (nSPS) is 15.5. The van der Waals surface area contributed by atoms with Crippen molar-refractivity contribution in [3.8, 4) is 23.7 Å². The average Bonchev–Trinajstić information content (AvgIpc) is 2.17. The third-order valence-electron chi connectivity index (χ3n) is 1.95. The molecule has 0 spiro atoms. The van der Waals surface area contributed by atoms with E-state index in [0.29, 0.717) is 0 Å². The van der Waals surface area contributed by atoms with Crippen LogP contribution in [0.4, 0.5) is 13.2 Å². The Kier molecular flexibility index (Phi) is 4.31. The molecule has 0 saturated carbocycles. The van der Waals surface area contributed by atoms with Crippen LogP contribution in [0, 0.1) is 23.7 Å². The summed E-state index contributed by atoms with van der Waals surface area (Å²) in [6, 6.07) is 0. The SMILES string of the molecule is FC(F)(F)CC#CC#CC1=CCCCC1. The zero-order valence-corrected chi connectivity index (χ0v) is 8.25. The molecule has 0 aromatic rings. The van der Waals surface area contributed by atoms with Gasteiger partial charge in [0.05, 0.1) is 0 Å². The monoisotopic (exact) mass is 212 g/mol. The van der Waals surface area contributed by atoms with Gasteiger partial charge in [0.1, 0.15) is 6.42 Å². The molecule has 1 aliphatic rings. The van der Waals surface area contributed by atoms with Crippen LogP contribution in [0.5, 0.6) is 0 Å². The van der Waals surface area contributed by atoms with Crippen molar-refractivity contribution in [3.05, 3.63) is 11.6 Å². The van der Waals surface area contributed by atoms with Crippen LogP contribution in [0.25, 0.3) is 0 Å². The molecule has 0 N–H and O–H groups in total. The summed E-state index contributed by atoms with van der Waals surface area (Å²) in [7, 11) is 0. The lowest BCUT2D eigenvalue weighted by molar-refractivity contribution is -0.123. The van der Waals surface area contributed by atoms with Crippen LogP contribution < -0.4 is 0 Å². The van der Waals surface area contributed by atoms with Gasteiger partial charge in [-0.25, -0.2) is 0 Å². The fourth-order valence-electron chi connectivity index (χ4n) is 1.25. The quantitative estimate of drug-likeness (QED) is 0.539. The molecule has 15 heavy (non-hydrogen) atoms. The molecule has 0 amide bonds. The van der Waals surface area contributed by atoms with Crippen LogP contribution >= 0.6 is 0 Å². The molecule has 0 atom stereocenters. The molecule has 1 rings (SSSR count). The second-order valence-electron chi connectivity index (χ2n) is 3.32. The van der Waals surface area contributed by atoms with Crippen LogP contribution in [0.3, 0.4) is 0 Å². The van der Waals surface area contributed by atoms with Gasteiger partial charge < -0.3 is 0 Å². The molecule has 0 radical (unpaired) electrons. The summed E-state index contributed by atoms with van der Waals surface area (Å²) in [5.41, 5.74) is 1.00. The Hall–Kier alpha value is -1.35. The van der Waals surface area contributed by atoms with E-state index < -0.39 is 12.6 Å². The van der Waals surface area contributed by atoms with Gasteiger partial charge in [-0.1, -0.05) is 17.9 Å². The number of halogens is 3. The number of alkyl halides is 3. The summed E-state index contributed by atoms with van der Waals surface area (Å²) in [4.78, 5) is 0. The fraction of sp³-hybridized carbons (Fsp3) is 0.500. The van der Waals surface area contributed by atoms with E-state index in [9.17, 15) is 13.2 Å². The van der Waals surface area contributed by atoms with Crippen LogP contribution in [0.2, 0.25) is 0 Å². The molecule has 0 fully saturated rings. The topological polar surface area (TPSA) is 0 Å². The first-order chi connectivity index (χ1) is 7.08. The number of hydrogen-bond acceptors (Lipinski definition) is 0. The molecule has 80 valence electrons. The average molecular weight is 212 g/mol. The summed E-state index contributed by atoms with van der Waals surface area (Å²) >= 11 is 0. The minimum absolute atomic E-state index is 0.925. The van der Waals surface area contributed by atoms with Gasteiger partial charge in [0.25, 0.3) is 0 Å². The lowest BCUT2D eigenvalue weighted by atomic mass is 10.0. The minimum Gasteiger partial charge on any atom is -0.170 e.